The van der Waals surface area contributed by atoms with Crippen LogP contribution in [0.4, 0.5) is 0 Å². The van der Waals surface area contributed by atoms with Gasteiger partial charge in [0.25, 0.3) is 0 Å². The molecule has 3 aromatic rings. The van der Waals surface area contributed by atoms with Gasteiger partial charge in [0, 0.05) is 0 Å². The van der Waals surface area contributed by atoms with Crippen LogP contribution in [0.5, 0.6) is 11.5 Å². The molecule has 21 heavy (non-hydrogen) atoms. The fraction of sp³-hybridized carbons (Fsp3) is 0.143. The minimum absolute atomic E-state index is 0.0990. The van der Waals surface area contributed by atoms with E-state index in [1.165, 1.54) is 0 Å². The maximum Gasteiger partial charge on any atom is 0.349 e. The molecule has 0 atom stereocenters. The number of para-hydroxylation sites is 2. The van der Waals surface area contributed by atoms with E-state index in [1.807, 2.05) is 18.2 Å². The molecule has 3 heterocycles. The van der Waals surface area contributed by atoms with Gasteiger partial charge >= 0.3 is 5.97 Å². The first-order valence-electron chi connectivity index (χ1n) is 6.25. The van der Waals surface area contributed by atoms with Crippen molar-refractivity contribution in [2.45, 2.75) is 0 Å². The maximum absolute atomic E-state index is 11.3. The lowest BCUT2D eigenvalue weighted by atomic mass is 10.3. The Morgan fingerprint density at radius 3 is 2.71 bits per heavy atom. The Hall–Kier alpha value is -2.54. The number of carboxylic acids is 1. The summed E-state index contributed by atoms with van der Waals surface area (Å²) >= 11 is 1.05. The van der Waals surface area contributed by atoms with E-state index < -0.39 is 5.97 Å². The second kappa shape index (κ2) is 4.49. The lowest BCUT2D eigenvalue weighted by Gasteiger charge is -2.15. The van der Waals surface area contributed by atoms with E-state index in [2.05, 4.69) is 4.98 Å². The van der Waals surface area contributed by atoms with Crippen molar-refractivity contribution in [1.29, 1.82) is 0 Å². The number of carboxylic acid groups (broad SMARTS) is 1. The van der Waals surface area contributed by atoms with Crippen LogP contribution in [0.1, 0.15) is 9.67 Å². The minimum atomic E-state index is -1.05. The van der Waals surface area contributed by atoms with E-state index in [-0.39, 0.29) is 10.6 Å². The largest absolute Gasteiger partial charge is 0.484 e. The highest BCUT2D eigenvalue weighted by Crippen LogP contribution is 2.49. The Bertz CT molecular complexity index is 817. The van der Waals surface area contributed by atoms with Crippen molar-refractivity contribution in [3.8, 4) is 22.3 Å². The number of thiophene rings is 1. The minimum Gasteiger partial charge on any atom is -0.484 e. The summed E-state index contributed by atoms with van der Waals surface area (Å²) in [5.41, 5.74) is 1.35. The van der Waals surface area contributed by atoms with Crippen LogP contribution in [0.2, 0.25) is 0 Å². The van der Waals surface area contributed by atoms with Gasteiger partial charge in [0.1, 0.15) is 23.6 Å². The summed E-state index contributed by atoms with van der Waals surface area (Å²) in [6.07, 6.45) is 0. The quantitative estimate of drug-likeness (QED) is 0.783. The number of ether oxygens (including phenoxy) is 2. The van der Waals surface area contributed by atoms with Crippen molar-refractivity contribution in [2.75, 3.05) is 13.2 Å². The summed E-state index contributed by atoms with van der Waals surface area (Å²) in [5, 5.41) is 9.26. The zero-order valence-electron chi connectivity index (χ0n) is 10.7. The molecule has 1 aromatic carbocycles. The van der Waals surface area contributed by atoms with E-state index in [9.17, 15) is 9.90 Å². The molecule has 0 aliphatic carbocycles. The van der Waals surface area contributed by atoms with Crippen molar-refractivity contribution < 1.29 is 23.8 Å². The molecule has 0 amide bonds. The van der Waals surface area contributed by atoms with E-state index in [0.717, 1.165) is 11.3 Å². The van der Waals surface area contributed by atoms with Gasteiger partial charge in [-0.25, -0.2) is 9.78 Å². The Morgan fingerprint density at radius 1 is 1.19 bits per heavy atom. The van der Waals surface area contributed by atoms with Gasteiger partial charge < -0.3 is 19.0 Å². The third-order valence-electron chi connectivity index (χ3n) is 3.08. The highest BCUT2D eigenvalue weighted by molar-refractivity contribution is 7.18. The fourth-order valence-corrected chi connectivity index (χ4v) is 3.16. The molecule has 1 aliphatic heterocycles. The molecular formula is C14H9NO5S. The van der Waals surface area contributed by atoms with E-state index >= 15 is 0 Å². The molecule has 0 bridgehead atoms. The molecule has 0 radical (unpaired) electrons. The predicted molar refractivity (Wildman–Crippen MR) is 75.3 cm³/mol. The summed E-state index contributed by atoms with van der Waals surface area (Å²) in [6.45, 7) is 0.701. The molecule has 4 rings (SSSR count). The molecule has 0 spiro atoms. The Morgan fingerprint density at radius 2 is 1.95 bits per heavy atom. The van der Waals surface area contributed by atoms with Crippen molar-refractivity contribution in [1.82, 2.24) is 4.98 Å². The molecule has 0 unspecified atom stereocenters. The summed E-state index contributed by atoms with van der Waals surface area (Å²) in [5.74, 6) is -0.0502. The average Bonchev–Trinajstić information content (AvgIpc) is 3.08. The first kappa shape index (κ1) is 12.2. The van der Waals surface area contributed by atoms with Crippen LogP contribution in [0.25, 0.3) is 21.9 Å². The molecule has 1 aliphatic rings. The molecule has 0 saturated carbocycles. The summed E-state index contributed by atoms with van der Waals surface area (Å²) < 4.78 is 16.7. The predicted octanol–water partition coefficient (Wildman–Crippen LogP) is 3.03. The van der Waals surface area contributed by atoms with E-state index in [0.29, 0.717) is 40.8 Å². The maximum atomic E-state index is 11.3. The van der Waals surface area contributed by atoms with Gasteiger partial charge in [0.15, 0.2) is 22.0 Å². The zero-order valence-corrected chi connectivity index (χ0v) is 11.5. The van der Waals surface area contributed by atoms with E-state index in [1.54, 1.807) is 6.07 Å². The number of aromatic nitrogens is 1. The first-order chi connectivity index (χ1) is 10.2. The summed E-state index contributed by atoms with van der Waals surface area (Å²) in [7, 11) is 0. The first-order valence-corrected chi connectivity index (χ1v) is 7.07. The Labute approximate surface area is 122 Å². The molecule has 6 nitrogen and oxygen atoms in total. The molecule has 0 saturated heterocycles. The summed E-state index contributed by atoms with van der Waals surface area (Å²) in [6, 6.07) is 7.35. The Kier molecular flexibility index (Phi) is 2.61. The molecular weight excluding hydrogens is 294 g/mol. The SMILES string of the molecule is O=C(O)c1sc(-c2nc3ccccc3o2)c2c1OCCO2. The number of fused-ring (bicyclic) bond motifs is 2. The van der Waals surface area contributed by atoms with Crippen LogP contribution < -0.4 is 9.47 Å². The van der Waals surface area contributed by atoms with Crippen LogP contribution >= 0.6 is 11.3 Å². The van der Waals surface area contributed by atoms with Crippen molar-refractivity contribution in [2.24, 2.45) is 0 Å². The van der Waals surface area contributed by atoms with Gasteiger partial charge in [-0.1, -0.05) is 12.1 Å². The number of oxazole rings is 1. The number of nitrogens with zero attached hydrogens (tertiary/aromatic N) is 1. The van der Waals surface area contributed by atoms with Gasteiger partial charge in [0.2, 0.25) is 5.89 Å². The van der Waals surface area contributed by atoms with Crippen molar-refractivity contribution >= 4 is 28.4 Å². The molecule has 1 N–H and O–H groups in total. The second-order valence-corrected chi connectivity index (χ2v) is 5.43. The standard InChI is InChI=1S/C14H9NO5S/c16-14(17)12-10-9(18-5-6-19-10)11(21-12)13-15-7-3-1-2-4-8(7)20-13/h1-4H,5-6H2,(H,16,17). The van der Waals surface area contributed by atoms with Crippen LogP contribution in [-0.2, 0) is 0 Å². The average molecular weight is 303 g/mol. The van der Waals surface area contributed by atoms with Crippen LogP contribution in [0.15, 0.2) is 28.7 Å². The van der Waals surface area contributed by atoms with Gasteiger partial charge in [-0.05, 0) is 12.1 Å². The number of aromatic carboxylic acids is 1. The summed E-state index contributed by atoms with van der Waals surface area (Å²) in [4.78, 5) is 16.3. The van der Waals surface area contributed by atoms with Crippen LogP contribution in [-0.4, -0.2) is 29.3 Å². The Balaban J connectivity index is 1.93. The van der Waals surface area contributed by atoms with Gasteiger partial charge in [0.05, 0.1) is 0 Å². The molecule has 7 heteroatoms. The third-order valence-corrected chi connectivity index (χ3v) is 4.21. The fourth-order valence-electron chi connectivity index (χ4n) is 2.20. The molecule has 106 valence electrons. The highest BCUT2D eigenvalue weighted by atomic mass is 32.1. The molecule has 2 aromatic heterocycles. The monoisotopic (exact) mass is 303 g/mol. The normalized spacial score (nSPS) is 13.5. The van der Waals surface area contributed by atoms with Gasteiger partial charge in [-0.2, -0.15) is 0 Å². The van der Waals surface area contributed by atoms with Gasteiger partial charge in [-0.3, -0.25) is 0 Å². The van der Waals surface area contributed by atoms with E-state index in [4.69, 9.17) is 13.9 Å². The number of hydrogen-bond donors (Lipinski definition) is 1. The van der Waals surface area contributed by atoms with Crippen LogP contribution in [0.3, 0.4) is 0 Å². The smallest absolute Gasteiger partial charge is 0.349 e. The number of rotatable bonds is 2. The highest BCUT2D eigenvalue weighted by Gasteiger charge is 2.30. The number of hydrogen-bond acceptors (Lipinski definition) is 6. The van der Waals surface area contributed by atoms with Crippen molar-refractivity contribution in [3.63, 3.8) is 0 Å². The lowest BCUT2D eigenvalue weighted by Crippen LogP contribution is -2.15. The van der Waals surface area contributed by atoms with Crippen molar-refractivity contribution in [3.05, 3.63) is 29.1 Å². The second-order valence-electron chi connectivity index (χ2n) is 4.41. The van der Waals surface area contributed by atoms with Gasteiger partial charge in [-0.15, -0.1) is 11.3 Å². The third kappa shape index (κ3) is 1.85. The molecule has 0 fully saturated rings. The zero-order chi connectivity index (χ0) is 14.4. The number of carbonyl (C=O) groups is 1. The number of benzene rings is 1. The topological polar surface area (TPSA) is 81.8 Å². The van der Waals surface area contributed by atoms with Crippen LogP contribution in [0, 0.1) is 0 Å². The lowest BCUT2D eigenvalue weighted by molar-refractivity contribution is 0.0693.